The van der Waals surface area contributed by atoms with Crippen LogP contribution in [-0.4, -0.2) is 28.4 Å². The van der Waals surface area contributed by atoms with Crippen LogP contribution in [0.5, 0.6) is 11.5 Å². The summed E-state index contributed by atoms with van der Waals surface area (Å²) in [5.74, 6) is 1.56. The molecule has 162 valence electrons. The summed E-state index contributed by atoms with van der Waals surface area (Å²) < 4.78 is 16.0. The summed E-state index contributed by atoms with van der Waals surface area (Å²) in [6, 6.07) is 14.9. The van der Waals surface area contributed by atoms with E-state index in [-0.39, 0.29) is 0 Å². The van der Waals surface area contributed by atoms with E-state index >= 15 is 0 Å². The van der Waals surface area contributed by atoms with E-state index in [0.717, 1.165) is 58.8 Å². The smallest absolute Gasteiger partial charge is 0.132 e. The number of hydrogen-bond donors (Lipinski definition) is 0. The molecule has 5 heteroatoms. The summed E-state index contributed by atoms with van der Waals surface area (Å²) in [5, 5.41) is 5.07. The third-order valence-electron chi connectivity index (χ3n) is 5.93. The highest BCUT2D eigenvalue weighted by molar-refractivity contribution is 5.80. The van der Waals surface area contributed by atoms with Crippen LogP contribution in [0.25, 0.3) is 22.5 Å². The largest absolute Gasteiger partial charge is 0.496 e. The van der Waals surface area contributed by atoms with Gasteiger partial charge in [0.1, 0.15) is 11.5 Å². The van der Waals surface area contributed by atoms with Crippen LogP contribution in [0.2, 0.25) is 0 Å². The molecule has 1 aromatic carbocycles. The van der Waals surface area contributed by atoms with Crippen LogP contribution in [0.15, 0.2) is 42.5 Å². The van der Waals surface area contributed by atoms with Crippen molar-refractivity contribution in [1.82, 2.24) is 14.2 Å². The molecule has 4 rings (SSSR count). The summed E-state index contributed by atoms with van der Waals surface area (Å²) in [7, 11) is 3.40. The Bertz CT molecular complexity index is 1190. The molecule has 4 aromatic rings. The lowest BCUT2D eigenvalue weighted by Gasteiger charge is -2.16. The number of rotatable bonds is 7. The Kier molecular flexibility index (Phi) is 5.77. The van der Waals surface area contributed by atoms with Gasteiger partial charge in [-0.15, -0.1) is 0 Å². The van der Waals surface area contributed by atoms with Gasteiger partial charge in [0.2, 0.25) is 0 Å². The number of nitrogens with zero attached hydrogens (tertiary/aromatic N) is 3. The second-order valence-electron chi connectivity index (χ2n) is 7.76. The first-order valence-electron chi connectivity index (χ1n) is 11.0. The molecule has 0 aliphatic rings. The maximum Gasteiger partial charge on any atom is 0.132 e. The molecular weight excluding hydrogens is 386 g/mol. The standard InChI is InChI=1S/C26H31N3O2/c1-7-18-13-14-19(8-2)28(18)26-20(9-3)27-29-21(11-10-12-22(26)29)25-23(30-5)15-17(4)16-24(25)31-6/h10-16H,7-9H2,1-6H3. The van der Waals surface area contributed by atoms with Gasteiger partial charge in [0.15, 0.2) is 0 Å². The SMILES string of the molecule is CCc1nn2c(-c3c(OC)cc(C)cc3OC)cccc2c1-n1c(CC)ccc1CC. The predicted octanol–water partition coefficient (Wildman–Crippen LogP) is 5.80. The third-order valence-corrected chi connectivity index (χ3v) is 5.93. The molecule has 0 radical (unpaired) electrons. The molecule has 3 heterocycles. The van der Waals surface area contributed by atoms with Crippen molar-refractivity contribution in [3.8, 4) is 28.4 Å². The van der Waals surface area contributed by atoms with E-state index < -0.39 is 0 Å². The van der Waals surface area contributed by atoms with E-state index in [2.05, 4.69) is 55.7 Å². The third kappa shape index (κ3) is 3.38. The maximum atomic E-state index is 5.75. The second-order valence-corrected chi connectivity index (χ2v) is 7.76. The number of fused-ring (bicyclic) bond motifs is 1. The van der Waals surface area contributed by atoms with Crippen LogP contribution in [0.4, 0.5) is 0 Å². The van der Waals surface area contributed by atoms with Gasteiger partial charge in [0.05, 0.1) is 42.4 Å². The van der Waals surface area contributed by atoms with E-state index in [0.29, 0.717) is 0 Å². The highest BCUT2D eigenvalue weighted by atomic mass is 16.5. The maximum absolute atomic E-state index is 5.75. The number of aryl methyl sites for hydroxylation is 4. The van der Waals surface area contributed by atoms with Crippen molar-refractivity contribution in [2.24, 2.45) is 0 Å². The average Bonchev–Trinajstić information content (AvgIpc) is 3.37. The molecule has 0 unspecified atom stereocenters. The Balaban J connectivity index is 2.08. The molecule has 0 aliphatic heterocycles. The minimum atomic E-state index is 0.781. The zero-order valence-electron chi connectivity index (χ0n) is 19.3. The quantitative estimate of drug-likeness (QED) is 0.381. The molecule has 0 atom stereocenters. The Morgan fingerprint density at radius 3 is 1.97 bits per heavy atom. The van der Waals surface area contributed by atoms with Crippen LogP contribution in [-0.2, 0) is 19.3 Å². The van der Waals surface area contributed by atoms with E-state index in [1.165, 1.54) is 17.1 Å². The number of benzene rings is 1. The Morgan fingerprint density at radius 1 is 0.839 bits per heavy atom. The van der Waals surface area contributed by atoms with Gasteiger partial charge in [-0.25, -0.2) is 4.52 Å². The molecule has 0 N–H and O–H groups in total. The van der Waals surface area contributed by atoms with E-state index in [9.17, 15) is 0 Å². The van der Waals surface area contributed by atoms with Crippen molar-refractivity contribution in [1.29, 1.82) is 0 Å². The van der Waals surface area contributed by atoms with E-state index in [4.69, 9.17) is 14.6 Å². The van der Waals surface area contributed by atoms with Crippen molar-refractivity contribution in [2.45, 2.75) is 47.0 Å². The number of hydrogen-bond acceptors (Lipinski definition) is 3. The second kappa shape index (κ2) is 8.50. The lowest BCUT2D eigenvalue weighted by Crippen LogP contribution is -2.05. The van der Waals surface area contributed by atoms with Crippen molar-refractivity contribution in [2.75, 3.05) is 14.2 Å². The molecule has 0 bridgehead atoms. The van der Waals surface area contributed by atoms with Crippen LogP contribution in [0, 0.1) is 6.92 Å². The number of aromatic nitrogens is 3. The van der Waals surface area contributed by atoms with Crippen LogP contribution < -0.4 is 9.47 Å². The molecule has 31 heavy (non-hydrogen) atoms. The fourth-order valence-corrected chi connectivity index (χ4v) is 4.44. The lowest BCUT2D eigenvalue weighted by atomic mass is 10.1. The van der Waals surface area contributed by atoms with Gasteiger partial charge in [-0.3, -0.25) is 0 Å². The number of methoxy groups -OCH3 is 2. The first-order chi connectivity index (χ1) is 15.1. The lowest BCUT2D eigenvalue weighted by molar-refractivity contribution is 0.396. The van der Waals surface area contributed by atoms with Gasteiger partial charge in [-0.1, -0.05) is 26.8 Å². The zero-order chi connectivity index (χ0) is 22.1. The van der Waals surface area contributed by atoms with Gasteiger partial charge >= 0.3 is 0 Å². The van der Waals surface area contributed by atoms with Crippen molar-refractivity contribution in [3.63, 3.8) is 0 Å². The van der Waals surface area contributed by atoms with Crippen molar-refractivity contribution < 1.29 is 9.47 Å². The van der Waals surface area contributed by atoms with Gasteiger partial charge in [-0.05, 0) is 68.1 Å². The van der Waals surface area contributed by atoms with E-state index in [1.807, 2.05) is 23.6 Å². The summed E-state index contributed by atoms with van der Waals surface area (Å²) >= 11 is 0. The molecule has 0 amide bonds. The van der Waals surface area contributed by atoms with Crippen LogP contribution in [0.1, 0.15) is 43.4 Å². The molecule has 0 saturated carbocycles. The summed E-state index contributed by atoms with van der Waals surface area (Å²) in [5.41, 5.74) is 8.90. The highest BCUT2D eigenvalue weighted by Gasteiger charge is 2.22. The minimum Gasteiger partial charge on any atom is -0.496 e. The molecular formula is C26H31N3O2. The summed E-state index contributed by atoms with van der Waals surface area (Å²) in [6.07, 6.45) is 2.79. The highest BCUT2D eigenvalue weighted by Crippen LogP contribution is 2.40. The fraction of sp³-hybridized carbons (Fsp3) is 0.346. The molecule has 0 spiro atoms. The first-order valence-corrected chi connectivity index (χ1v) is 11.0. The Labute approximate surface area is 184 Å². The zero-order valence-corrected chi connectivity index (χ0v) is 19.3. The Morgan fingerprint density at radius 2 is 1.45 bits per heavy atom. The summed E-state index contributed by atoms with van der Waals surface area (Å²) in [4.78, 5) is 0. The Hall–Kier alpha value is -3.21. The average molecular weight is 418 g/mol. The normalized spacial score (nSPS) is 11.3. The van der Waals surface area contributed by atoms with Crippen LogP contribution in [0.3, 0.4) is 0 Å². The van der Waals surface area contributed by atoms with Gasteiger partial charge < -0.3 is 14.0 Å². The minimum absolute atomic E-state index is 0.781. The van der Waals surface area contributed by atoms with Crippen LogP contribution >= 0.6 is 0 Å². The number of ether oxygens (including phenoxy) is 2. The topological polar surface area (TPSA) is 40.7 Å². The van der Waals surface area contributed by atoms with Crippen molar-refractivity contribution in [3.05, 3.63) is 65.1 Å². The molecule has 0 aliphatic carbocycles. The molecule has 3 aromatic heterocycles. The first kappa shape index (κ1) is 21.0. The van der Waals surface area contributed by atoms with Gasteiger partial charge in [0.25, 0.3) is 0 Å². The molecule has 0 fully saturated rings. The summed E-state index contributed by atoms with van der Waals surface area (Å²) in [6.45, 7) is 8.62. The fourth-order valence-electron chi connectivity index (χ4n) is 4.44. The monoisotopic (exact) mass is 417 g/mol. The number of pyridine rings is 1. The van der Waals surface area contributed by atoms with Gasteiger partial charge in [0, 0.05) is 11.4 Å². The molecule has 5 nitrogen and oxygen atoms in total. The van der Waals surface area contributed by atoms with E-state index in [1.54, 1.807) is 14.2 Å². The predicted molar refractivity (Wildman–Crippen MR) is 126 cm³/mol. The van der Waals surface area contributed by atoms with Gasteiger partial charge in [-0.2, -0.15) is 5.10 Å². The van der Waals surface area contributed by atoms with Crippen molar-refractivity contribution >= 4 is 5.52 Å². The molecule has 0 saturated heterocycles.